The van der Waals surface area contributed by atoms with Crippen LogP contribution in [0.4, 0.5) is 5.69 Å². The Balaban J connectivity index is 2.21. The van der Waals surface area contributed by atoms with Gasteiger partial charge >= 0.3 is 0 Å². The van der Waals surface area contributed by atoms with Crippen molar-refractivity contribution in [3.05, 3.63) is 53.3 Å². The molecule has 2 rings (SSSR count). The highest BCUT2D eigenvalue weighted by Gasteiger charge is 2.08. The van der Waals surface area contributed by atoms with E-state index in [-0.39, 0.29) is 0 Å². The summed E-state index contributed by atoms with van der Waals surface area (Å²) in [6.07, 6.45) is 4.55. The molecule has 1 heterocycles. The van der Waals surface area contributed by atoms with Gasteiger partial charge in [0.15, 0.2) is 0 Å². The molecule has 0 unspecified atom stereocenters. The third-order valence-electron chi connectivity index (χ3n) is 3.29. The number of hydrogen-bond donors (Lipinski definition) is 1. The summed E-state index contributed by atoms with van der Waals surface area (Å²) in [6.45, 7) is 4.75. The van der Waals surface area contributed by atoms with Gasteiger partial charge in [-0.2, -0.15) is 0 Å². The van der Waals surface area contributed by atoms with Crippen LogP contribution in [-0.2, 0) is 13.0 Å². The van der Waals surface area contributed by atoms with Crippen LogP contribution in [0.3, 0.4) is 0 Å². The van der Waals surface area contributed by atoms with E-state index in [4.69, 9.17) is 4.74 Å². The molecule has 0 bridgehead atoms. The van der Waals surface area contributed by atoms with Crippen LogP contribution in [0.5, 0.6) is 5.75 Å². The Morgan fingerprint density at radius 3 is 2.79 bits per heavy atom. The maximum atomic E-state index is 5.91. The van der Waals surface area contributed by atoms with Gasteiger partial charge in [-0.25, -0.2) is 0 Å². The molecule has 0 aliphatic rings. The van der Waals surface area contributed by atoms with Crippen LogP contribution >= 0.6 is 0 Å². The maximum absolute atomic E-state index is 5.91. The lowest BCUT2D eigenvalue weighted by atomic mass is 10.0. The zero-order valence-corrected chi connectivity index (χ0v) is 11.7. The molecule has 0 saturated carbocycles. The normalized spacial score (nSPS) is 10.3. The molecule has 19 heavy (non-hydrogen) atoms. The summed E-state index contributed by atoms with van der Waals surface area (Å²) in [6, 6.07) is 8.26. The van der Waals surface area contributed by atoms with Crippen LogP contribution in [0, 0.1) is 6.92 Å². The number of benzene rings is 1. The highest BCUT2D eigenvalue weighted by atomic mass is 16.5. The van der Waals surface area contributed by atoms with Gasteiger partial charge in [0.25, 0.3) is 0 Å². The molecule has 0 saturated heterocycles. The Morgan fingerprint density at radius 1 is 1.26 bits per heavy atom. The van der Waals surface area contributed by atoms with Crippen molar-refractivity contribution in [2.75, 3.05) is 12.4 Å². The molecule has 0 spiro atoms. The zero-order chi connectivity index (χ0) is 13.7. The number of nitrogens with zero attached hydrogens (tertiary/aromatic N) is 1. The molecule has 0 aliphatic carbocycles. The fraction of sp³-hybridized carbons (Fsp3) is 0.312. The van der Waals surface area contributed by atoms with E-state index < -0.39 is 0 Å². The van der Waals surface area contributed by atoms with E-state index in [1.807, 2.05) is 20.0 Å². The Morgan fingerprint density at radius 2 is 2.11 bits per heavy atom. The Kier molecular flexibility index (Phi) is 4.39. The van der Waals surface area contributed by atoms with E-state index in [1.165, 1.54) is 11.1 Å². The minimum absolute atomic E-state index is 0.562. The van der Waals surface area contributed by atoms with Gasteiger partial charge in [-0.1, -0.05) is 19.1 Å². The second kappa shape index (κ2) is 6.23. The average Bonchev–Trinajstić information content (AvgIpc) is 2.46. The number of ether oxygens (including phenoxy) is 1. The number of aromatic nitrogens is 1. The molecule has 0 aliphatic heterocycles. The number of rotatable bonds is 5. The van der Waals surface area contributed by atoms with Crippen LogP contribution < -0.4 is 10.1 Å². The maximum Gasteiger partial charge on any atom is 0.140 e. The molecule has 0 fully saturated rings. The van der Waals surface area contributed by atoms with E-state index in [2.05, 4.69) is 35.4 Å². The molecule has 1 N–H and O–H groups in total. The second-order valence-corrected chi connectivity index (χ2v) is 4.48. The molecule has 3 nitrogen and oxygen atoms in total. The summed E-state index contributed by atoms with van der Waals surface area (Å²) in [7, 11) is 1.94. The van der Waals surface area contributed by atoms with Crippen LogP contribution in [0.1, 0.15) is 23.6 Å². The fourth-order valence-electron chi connectivity index (χ4n) is 2.12. The van der Waals surface area contributed by atoms with Gasteiger partial charge in [-0.3, -0.25) is 4.98 Å². The smallest absolute Gasteiger partial charge is 0.140 e. The first kappa shape index (κ1) is 13.4. The topological polar surface area (TPSA) is 34.1 Å². The third kappa shape index (κ3) is 3.05. The predicted molar refractivity (Wildman–Crippen MR) is 78.7 cm³/mol. The van der Waals surface area contributed by atoms with E-state index in [1.54, 1.807) is 12.4 Å². The van der Waals surface area contributed by atoms with Gasteiger partial charge < -0.3 is 10.1 Å². The first-order valence-corrected chi connectivity index (χ1v) is 6.58. The molecule has 0 radical (unpaired) electrons. The highest BCUT2D eigenvalue weighted by molar-refractivity contribution is 5.54. The van der Waals surface area contributed by atoms with Crippen molar-refractivity contribution in [3.63, 3.8) is 0 Å². The quantitative estimate of drug-likeness (QED) is 0.888. The molecular formula is C16H20N2O. The Labute approximate surface area is 114 Å². The van der Waals surface area contributed by atoms with Gasteiger partial charge in [-0.05, 0) is 36.6 Å². The minimum atomic E-state index is 0.562. The highest BCUT2D eigenvalue weighted by Crippen LogP contribution is 2.23. The van der Waals surface area contributed by atoms with Crippen LogP contribution in [-0.4, -0.2) is 12.0 Å². The number of nitrogens with one attached hydrogen (secondary N) is 1. The molecule has 100 valence electrons. The van der Waals surface area contributed by atoms with Crippen LogP contribution in [0.2, 0.25) is 0 Å². The lowest BCUT2D eigenvalue weighted by Gasteiger charge is -2.15. The summed E-state index contributed by atoms with van der Waals surface area (Å²) in [5, 5.41) is 3.23. The molecule has 3 heteroatoms. The minimum Gasteiger partial charge on any atom is -0.487 e. The van der Waals surface area contributed by atoms with Gasteiger partial charge in [0.2, 0.25) is 0 Å². The van der Waals surface area contributed by atoms with Crippen molar-refractivity contribution in [1.82, 2.24) is 4.98 Å². The molecule has 0 amide bonds. The van der Waals surface area contributed by atoms with Crippen molar-refractivity contribution in [2.45, 2.75) is 26.9 Å². The average molecular weight is 256 g/mol. The lowest BCUT2D eigenvalue weighted by molar-refractivity contribution is 0.302. The number of hydrogen-bond acceptors (Lipinski definition) is 3. The number of aryl methyl sites for hydroxylation is 2. The Hall–Kier alpha value is -2.03. The summed E-state index contributed by atoms with van der Waals surface area (Å²) in [4.78, 5) is 4.10. The van der Waals surface area contributed by atoms with E-state index >= 15 is 0 Å². The van der Waals surface area contributed by atoms with Gasteiger partial charge in [0.1, 0.15) is 12.4 Å². The van der Waals surface area contributed by atoms with Gasteiger partial charge in [-0.15, -0.1) is 0 Å². The first-order valence-electron chi connectivity index (χ1n) is 6.58. The van der Waals surface area contributed by atoms with Crippen molar-refractivity contribution in [3.8, 4) is 5.75 Å². The monoisotopic (exact) mass is 256 g/mol. The third-order valence-corrected chi connectivity index (χ3v) is 3.29. The second-order valence-electron chi connectivity index (χ2n) is 4.48. The number of pyridine rings is 1. The predicted octanol–water partition coefficient (Wildman–Crippen LogP) is 3.57. The SMILES string of the molecule is CCc1cccc(NC)c1COc1cnccc1C. The van der Waals surface area contributed by atoms with Gasteiger partial charge in [0.05, 0.1) is 6.20 Å². The molecule has 1 aromatic heterocycles. The van der Waals surface area contributed by atoms with Crippen molar-refractivity contribution in [2.24, 2.45) is 0 Å². The lowest BCUT2D eigenvalue weighted by Crippen LogP contribution is -2.05. The molecule has 2 aromatic rings. The Bertz CT molecular complexity index is 530. The van der Waals surface area contributed by atoms with E-state index in [0.29, 0.717) is 6.61 Å². The van der Waals surface area contributed by atoms with Gasteiger partial charge in [0, 0.05) is 24.5 Å². The van der Waals surface area contributed by atoms with E-state index in [0.717, 1.165) is 23.4 Å². The first-order chi connectivity index (χ1) is 9.26. The summed E-state index contributed by atoms with van der Waals surface area (Å²) in [5.74, 6) is 0.843. The van der Waals surface area contributed by atoms with Crippen LogP contribution in [0.15, 0.2) is 36.7 Å². The largest absolute Gasteiger partial charge is 0.487 e. The van der Waals surface area contributed by atoms with Crippen molar-refractivity contribution >= 4 is 5.69 Å². The summed E-state index contributed by atoms with van der Waals surface area (Å²) in [5.41, 5.74) is 4.76. The van der Waals surface area contributed by atoms with Crippen molar-refractivity contribution in [1.29, 1.82) is 0 Å². The van der Waals surface area contributed by atoms with Crippen LogP contribution in [0.25, 0.3) is 0 Å². The summed E-state index contributed by atoms with van der Waals surface area (Å²) < 4.78 is 5.91. The molecular weight excluding hydrogens is 236 g/mol. The summed E-state index contributed by atoms with van der Waals surface area (Å²) >= 11 is 0. The molecule has 1 aromatic carbocycles. The standard InChI is InChI=1S/C16H20N2O/c1-4-13-6-5-7-15(17-3)14(13)11-19-16-10-18-9-8-12(16)2/h5-10,17H,4,11H2,1-3H3. The van der Waals surface area contributed by atoms with Crippen molar-refractivity contribution < 1.29 is 4.74 Å². The fourth-order valence-corrected chi connectivity index (χ4v) is 2.12. The zero-order valence-electron chi connectivity index (χ0n) is 11.7. The van der Waals surface area contributed by atoms with E-state index in [9.17, 15) is 0 Å². The molecule has 0 atom stereocenters. The number of anilines is 1.